The number of aromatic carboxylic acids is 1. The molecular formula is C13H14N2O3. The Labute approximate surface area is 105 Å². The Morgan fingerprint density at radius 2 is 2.17 bits per heavy atom. The van der Waals surface area contributed by atoms with Gasteiger partial charge in [-0.3, -0.25) is 4.68 Å². The van der Waals surface area contributed by atoms with E-state index in [1.165, 1.54) is 10.9 Å². The molecule has 0 aliphatic carbocycles. The van der Waals surface area contributed by atoms with E-state index >= 15 is 0 Å². The lowest BCUT2D eigenvalue weighted by atomic mass is 10.1. The van der Waals surface area contributed by atoms with Crippen LogP contribution in [-0.2, 0) is 7.05 Å². The molecule has 0 fully saturated rings. The van der Waals surface area contributed by atoms with Gasteiger partial charge in [-0.1, -0.05) is 12.1 Å². The van der Waals surface area contributed by atoms with Crippen molar-refractivity contribution in [2.75, 3.05) is 6.61 Å². The number of hydrogen-bond donors (Lipinski definition) is 1. The summed E-state index contributed by atoms with van der Waals surface area (Å²) in [4.78, 5) is 11.2. The minimum Gasteiger partial charge on any atom is -0.493 e. The fourth-order valence-corrected chi connectivity index (χ4v) is 1.79. The highest BCUT2D eigenvalue weighted by Gasteiger charge is 2.18. The molecule has 2 aromatic rings. The van der Waals surface area contributed by atoms with Crippen LogP contribution in [0.3, 0.4) is 0 Å². The summed E-state index contributed by atoms with van der Waals surface area (Å²) in [5, 5.41) is 13.4. The highest BCUT2D eigenvalue weighted by Crippen LogP contribution is 2.31. The smallest absolute Gasteiger partial charge is 0.339 e. The summed E-state index contributed by atoms with van der Waals surface area (Å²) in [6.45, 7) is 2.40. The Bertz CT molecular complexity index is 575. The van der Waals surface area contributed by atoms with Gasteiger partial charge in [-0.05, 0) is 19.1 Å². The van der Waals surface area contributed by atoms with Crippen molar-refractivity contribution < 1.29 is 14.6 Å². The predicted molar refractivity (Wildman–Crippen MR) is 66.8 cm³/mol. The molecule has 0 radical (unpaired) electrons. The van der Waals surface area contributed by atoms with Crippen molar-refractivity contribution >= 4 is 5.97 Å². The molecule has 0 unspecified atom stereocenters. The summed E-state index contributed by atoms with van der Waals surface area (Å²) in [6.07, 6.45) is 1.49. The number of para-hydroxylation sites is 1. The SMILES string of the molecule is CCOc1ccccc1-c1nn(C)cc1C(=O)O. The lowest BCUT2D eigenvalue weighted by Gasteiger charge is -2.08. The maximum atomic E-state index is 11.2. The molecule has 94 valence electrons. The number of hydrogen-bond acceptors (Lipinski definition) is 3. The Morgan fingerprint density at radius 3 is 2.83 bits per heavy atom. The normalized spacial score (nSPS) is 10.3. The summed E-state index contributed by atoms with van der Waals surface area (Å²) >= 11 is 0. The molecule has 0 amide bonds. The highest BCUT2D eigenvalue weighted by molar-refractivity contribution is 5.95. The maximum Gasteiger partial charge on any atom is 0.339 e. The number of carbonyl (C=O) groups is 1. The van der Waals surface area contributed by atoms with Crippen molar-refractivity contribution in [1.82, 2.24) is 9.78 Å². The number of carboxylic acid groups (broad SMARTS) is 1. The number of carboxylic acids is 1. The molecule has 0 aliphatic rings. The molecule has 2 rings (SSSR count). The molecule has 0 saturated heterocycles. The summed E-state index contributed by atoms with van der Waals surface area (Å²) < 4.78 is 6.98. The minimum absolute atomic E-state index is 0.171. The minimum atomic E-state index is -0.996. The second kappa shape index (κ2) is 4.91. The van der Waals surface area contributed by atoms with Crippen LogP contribution in [0.1, 0.15) is 17.3 Å². The quantitative estimate of drug-likeness (QED) is 0.898. The first kappa shape index (κ1) is 12.2. The largest absolute Gasteiger partial charge is 0.493 e. The van der Waals surface area contributed by atoms with E-state index in [-0.39, 0.29) is 5.56 Å². The lowest BCUT2D eigenvalue weighted by Crippen LogP contribution is -1.99. The van der Waals surface area contributed by atoms with E-state index in [1.54, 1.807) is 19.2 Å². The van der Waals surface area contributed by atoms with Gasteiger partial charge in [0.25, 0.3) is 0 Å². The third-order valence-electron chi connectivity index (χ3n) is 2.50. The van der Waals surface area contributed by atoms with E-state index in [2.05, 4.69) is 5.10 Å². The van der Waals surface area contributed by atoms with Crippen molar-refractivity contribution in [1.29, 1.82) is 0 Å². The van der Waals surface area contributed by atoms with Crippen LogP contribution < -0.4 is 4.74 Å². The standard InChI is InChI=1S/C13H14N2O3/c1-3-18-11-7-5-4-6-9(11)12-10(13(16)17)8-15(2)14-12/h4-8H,3H2,1-2H3,(H,16,17). The topological polar surface area (TPSA) is 64.4 Å². The molecule has 0 bridgehead atoms. The zero-order valence-corrected chi connectivity index (χ0v) is 10.3. The number of benzene rings is 1. The van der Waals surface area contributed by atoms with Gasteiger partial charge in [0.05, 0.1) is 6.61 Å². The molecular weight excluding hydrogens is 232 g/mol. The third-order valence-corrected chi connectivity index (χ3v) is 2.50. The summed E-state index contributed by atoms with van der Waals surface area (Å²) in [5.74, 6) is -0.356. The molecule has 0 atom stereocenters. The second-order valence-electron chi connectivity index (χ2n) is 3.80. The van der Waals surface area contributed by atoms with Crippen molar-refractivity contribution in [3.8, 4) is 17.0 Å². The van der Waals surface area contributed by atoms with E-state index in [4.69, 9.17) is 9.84 Å². The van der Waals surface area contributed by atoms with Crippen LogP contribution in [0.2, 0.25) is 0 Å². The van der Waals surface area contributed by atoms with Gasteiger partial charge < -0.3 is 9.84 Å². The summed E-state index contributed by atoms with van der Waals surface area (Å²) in [6, 6.07) is 7.29. The van der Waals surface area contributed by atoms with Crippen molar-refractivity contribution in [2.45, 2.75) is 6.92 Å². The van der Waals surface area contributed by atoms with Gasteiger partial charge in [-0.2, -0.15) is 5.10 Å². The van der Waals surface area contributed by atoms with E-state index in [1.807, 2.05) is 19.1 Å². The summed E-state index contributed by atoms with van der Waals surface area (Å²) in [5.41, 5.74) is 1.29. The van der Waals surface area contributed by atoms with Crippen molar-refractivity contribution in [2.24, 2.45) is 7.05 Å². The van der Waals surface area contributed by atoms with Gasteiger partial charge in [0.2, 0.25) is 0 Å². The van der Waals surface area contributed by atoms with E-state index < -0.39 is 5.97 Å². The zero-order valence-electron chi connectivity index (χ0n) is 10.3. The zero-order chi connectivity index (χ0) is 13.1. The summed E-state index contributed by atoms with van der Waals surface area (Å²) in [7, 11) is 1.69. The van der Waals surface area contributed by atoms with Crippen LogP contribution in [0, 0.1) is 0 Å². The number of nitrogens with zero attached hydrogens (tertiary/aromatic N) is 2. The van der Waals surface area contributed by atoms with Gasteiger partial charge in [0.1, 0.15) is 17.0 Å². The molecule has 0 spiro atoms. The molecule has 1 heterocycles. The number of rotatable bonds is 4. The van der Waals surface area contributed by atoms with Gasteiger partial charge >= 0.3 is 5.97 Å². The molecule has 5 heteroatoms. The van der Waals surface area contributed by atoms with E-state index in [0.29, 0.717) is 23.6 Å². The molecule has 0 aliphatic heterocycles. The number of aryl methyl sites for hydroxylation is 1. The van der Waals surface area contributed by atoms with Gasteiger partial charge in [-0.25, -0.2) is 4.79 Å². The first-order valence-electron chi connectivity index (χ1n) is 5.62. The molecule has 5 nitrogen and oxygen atoms in total. The van der Waals surface area contributed by atoms with Crippen LogP contribution in [-0.4, -0.2) is 27.5 Å². The first-order chi connectivity index (χ1) is 8.63. The van der Waals surface area contributed by atoms with Gasteiger partial charge in [-0.15, -0.1) is 0 Å². The molecule has 1 aromatic carbocycles. The lowest BCUT2D eigenvalue weighted by molar-refractivity contribution is 0.0697. The van der Waals surface area contributed by atoms with Crippen molar-refractivity contribution in [3.63, 3.8) is 0 Å². The highest BCUT2D eigenvalue weighted by atomic mass is 16.5. The van der Waals surface area contributed by atoms with Crippen LogP contribution in [0.15, 0.2) is 30.5 Å². The fraction of sp³-hybridized carbons (Fsp3) is 0.231. The van der Waals surface area contributed by atoms with Crippen LogP contribution >= 0.6 is 0 Å². The molecule has 1 N–H and O–H groups in total. The molecule has 1 aromatic heterocycles. The fourth-order valence-electron chi connectivity index (χ4n) is 1.79. The average molecular weight is 246 g/mol. The molecule has 18 heavy (non-hydrogen) atoms. The molecule has 0 saturated carbocycles. The van der Waals surface area contributed by atoms with Gasteiger partial charge in [0, 0.05) is 18.8 Å². The van der Waals surface area contributed by atoms with Gasteiger partial charge in [0.15, 0.2) is 0 Å². The van der Waals surface area contributed by atoms with Crippen molar-refractivity contribution in [3.05, 3.63) is 36.0 Å². The Morgan fingerprint density at radius 1 is 1.44 bits per heavy atom. The monoisotopic (exact) mass is 246 g/mol. The van der Waals surface area contributed by atoms with Crippen LogP contribution in [0.5, 0.6) is 5.75 Å². The Hall–Kier alpha value is -2.30. The van der Waals surface area contributed by atoms with Crippen LogP contribution in [0.4, 0.5) is 0 Å². The maximum absolute atomic E-state index is 11.2. The second-order valence-corrected chi connectivity index (χ2v) is 3.80. The Kier molecular flexibility index (Phi) is 3.32. The van der Waals surface area contributed by atoms with E-state index in [0.717, 1.165) is 0 Å². The van der Waals surface area contributed by atoms with Crippen LogP contribution in [0.25, 0.3) is 11.3 Å². The number of ether oxygens (including phenoxy) is 1. The predicted octanol–water partition coefficient (Wildman–Crippen LogP) is 2.18. The van der Waals surface area contributed by atoms with E-state index in [9.17, 15) is 4.79 Å². The average Bonchev–Trinajstić information content (AvgIpc) is 2.72. The number of aromatic nitrogens is 2. The first-order valence-corrected chi connectivity index (χ1v) is 5.62. The third kappa shape index (κ3) is 2.20. The Balaban J connectivity index is 2.58.